The van der Waals surface area contributed by atoms with E-state index >= 15 is 0 Å². The zero-order valence-corrected chi connectivity index (χ0v) is 15.9. The zero-order valence-electron chi connectivity index (χ0n) is 15.1. The number of rotatable bonds is 5. The van der Waals surface area contributed by atoms with E-state index in [2.05, 4.69) is 23.1 Å². The molecule has 0 aliphatic carbocycles. The van der Waals surface area contributed by atoms with E-state index in [1.54, 1.807) is 0 Å². The second-order valence-electron chi connectivity index (χ2n) is 6.61. The van der Waals surface area contributed by atoms with Gasteiger partial charge in [0.2, 0.25) is 0 Å². The Balaban J connectivity index is 0.00000261. The molecular formula is C21H23ClF3NO. The van der Waals surface area contributed by atoms with Crippen molar-refractivity contribution >= 4 is 18.5 Å². The number of likely N-dealkylation sites (N-methyl/N-ethyl adjacent to an activating group) is 1. The second kappa shape index (κ2) is 9.29. The van der Waals surface area contributed by atoms with Crippen molar-refractivity contribution in [2.75, 3.05) is 20.2 Å². The number of hydrogen-bond acceptors (Lipinski definition) is 2. The van der Waals surface area contributed by atoms with Gasteiger partial charge in [-0.3, -0.25) is 4.90 Å². The molecule has 27 heavy (non-hydrogen) atoms. The number of aryl methyl sites for hydroxylation is 1. The Morgan fingerprint density at radius 1 is 1.11 bits per heavy atom. The van der Waals surface area contributed by atoms with Crippen LogP contribution in [0, 0.1) is 0 Å². The Morgan fingerprint density at radius 3 is 2.56 bits per heavy atom. The van der Waals surface area contributed by atoms with Gasteiger partial charge in [0.1, 0.15) is 5.75 Å². The SMILES string of the molecule is CN(C/C=C/c1ccc(C(F)(F)F)cc1)Cc1ccc2c(c1)OCCC2.Cl. The predicted molar refractivity (Wildman–Crippen MR) is 104 cm³/mol. The van der Waals surface area contributed by atoms with Crippen LogP contribution in [-0.2, 0) is 19.1 Å². The number of fused-ring (bicyclic) bond motifs is 1. The maximum absolute atomic E-state index is 12.6. The van der Waals surface area contributed by atoms with E-state index in [4.69, 9.17) is 4.74 Å². The third-order valence-corrected chi connectivity index (χ3v) is 4.40. The van der Waals surface area contributed by atoms with Gasteiger partial charge in [0.25, 0.3) is 0 Å². The van der Waals surface area contributed by atoms with Crippen molar-refractivity contribution in [3.8, 4) is 5.75 Å². The summed E-state index contributed by atoms with van der Waals surface area (Å²) in [6.45, 7) is 2.27. The third-order valence-electron chi connectivity index (χ3n) is 4.40. The van der Waals surface area contributed by atoms with Crippen molar-refractivity contribution in [2.45, 2.75) is 25.6 Å². The molecule has 0 N–H and O–H groups in total. The van der Waals surface area contributed by atoms with Gasteiger partial charge in [-0.25, -0.2) is 0 Å². The van der Waals surface area contributed by atoms with Crippen LogP contribution >= 0.6 is 12.4 Å². The molecule has 0 spiro atoms. The molecule has 0 saturated heterocycles. The summed E-state index contributed by atoms with van der Waals surface area (Å²) in [6.07, 6.45) is 1.65. The second-order valence-corrected chi connectivity index (χ2v) is 6.61. The van der Waals surface area contributed by atoms with Gasteiger partial charge in [-0.1, -0.05) is 36.4 Å². The average molecular weight is 398 g/mol. The molecular weight excluding hydrogens is 375 g/mol. The van der Waals surface area contributed by atoms with E-state index in [9.17, 15) is 13.2 Å². The van der Waals surface area contributed by atoms with Crippen LogP contribution in [0.5, 0.6) is 5.75 Å². The highest BCUT2D eigenvalue weighted by Crippen LogP contribution is 2.29. The lowest BCUT2D eigenvalue weighted by Crippen LogP contribution is -2.18. The molecule has 3 rings (SSSR count). The third kappa shape index (κ3) is 6.01. The smallest absolute Gasteiger partial charge is 0.416 e. The molecule has 6 heteroatoms. The van der Waals surface area contributed by atoms with Gasteiger partial charge in [-0.15, -0.1) is 12.4 Å². The molecule has 0 atom stereocenters. The quantitative estimate of drug-likeness (QED) is 0.651. The lowest BCUT2D eigenvalue weighted by atomic mass is 10.0. The summed E-state index contributed by atoms with van der Waals surface area (Å²) in [5.74, 6) is 0.988. The Labute approximate surface area is 164 Å². The Hall–Kier alpha value is -1.98. The van der Waals surface area contributed by atoms with Crippen LogP contribution in [0.1, 0.15) is 28.7 Å². The summed E-state index contributed by atoms with van der Waals surface area (Å²) >= 11 is 0. The molecule has 1 aliphatic heterocycles. The molecule has 146 valence electrons. The van der Waals surface area contributed by atoms with Gasteiger partial charge in [-0.2, -0.15) is 13.2 Å². The average Bonchev–Trinajstić information content (AvgIpc) is 2.61. The fraction of sp³-hybridized carbons (Fsp3) is 0.333. The monoisotopic (exact) mass is 397 g/mol. The van der Waals surface area contributed by atoms with Crippen molar-refractivity contribution < 1.29 is 17.9 Å². The van der Waals surface area contributed by atoms with Gasteiger partial charge >= 0.3 is 6.18 Å². The Bertz CT molecular complexity index is 772. The highest BCUT2D eigenvalue weighted by Gasteiger charge is 2.29. The van der Waals surface area contributed by atoms with E-state index in [-0.39, 0.29) is 12.4 Å². The van der Waals surface area contributed by atoms with Crippen molar-refractivity contribution in [3.63, 3.8) is 0 Å². The van der Waals surface area contributed by atoms with Crippen molar-refractivity contribution in [1.82, 2.24) is 4.90 Å². The topological polar surface area (TPSA) is 12.5 Å². The predicted octanol–water partition coefficient (Wildman–Crippen LogP) is 5.60. The first-order chi connectivity index (χ1) is 12.4. The number of nitrogens with zero attached hydrogens (tertiary/aromatic N) is 1. The lowest BCUT2D eigenvalue weighted by molar-refractivity contribution is -0.137. The van der Waals surface area contributed by atoms with Crippen molar-refractivity contribution in [2.24, 2.45) is 0 Å². The molecule has 1 heterocycles. The van der Waals surface area contributed by atoms with Crippen LogP contribution in [0.3, 0.4) is 0 Å². The molecule has 2 nitrogen and oxygen atoms in total. The van der Waals surface area contributed by atoms with E-state index in [1.165, 1.54) is 23.3 Å². The summed E-state index contributed by atoms with van der Waals surface area (Å²) in [6, 6.07) is 11.6. The summed E-state index contributed by atoms with van der Waals surface area (Å²) in [7, 11) is 2.01. The minimum absolute atomic E-state index is 0. The molecule has 0 amide bonds. The molecule has 2 aromatic rings. The van der Waals surface area contributed by atoms with E-state index in [1.807, 2.05) is 19.2 Å². The lowest BCUT2D eigenvalue weighted by Gasteiger charge is -2.20. The fourth-order valence-corrected chi connectivity index (χ4v) is 3.01. The van der Waals surface area contributed by atoms with E-state index in [0.29, 0.717) is 6.54 Å². The van der Waals surface area contributed by atoms with Crippen LogP contribution in [0.4, 0.5) is 13.2 Å². The van der Waals surface area contributed by atoms with E-state index in [0.717, 1.165) is 49.4 Å². The standard InChI is InChI=1S/C21H22F3NO.ClH/c1-25(15-17-6-9-18-5-3-13-26-20(18)14-17)12-2-4-16-7-10-19(11-8-16)21(22,23)24;/h2,4,6-11,14H,3,5,12-13,15H2,1H3;1H/b4-2+;. The molecule has 0 aromatic heterocycles. The van der Waals surface area contributed by atoms with Crippen LogP contribution in [0.25, 0.3) is 6.08 Å². The van der Waals surface area contributed by atoms with Gasteiger partial charge in [0, 0.05) is 13.1 Å². The fourth-order valence-electron chi connectivity index (χ4n) is 3.01. The molecule has 0 radical (unpaired) electrons. The van der Waals surface area contributed by atoms with Gasteiger partial charge in [0.05, 0.1) is 12.2 Å². The molecule has 0 saturated carbocycles. The molecule has 0 fully saturated rings. The molecule has 0 bridgehead atoms. The van der Waals surface area contributed by atoms with Crippen LogP contribution in [0.15, 0.2) is 48.5 Å². The molecule has 2 aromatic carbocycles. The van der Waals surface area contributed by atoms with Gasteiger partial charge in [0.15, 0.2) is 0 Å². The zero-order chi connectivity index (χ0) is 18.6. The Kier molecular flexibility index (Phi) is 7.33. The number of ether oxygens (including phenoxy) is 1. The molecule has 1 aliphatic rings. The van der Waals surface area contributed by atoms with Crippen LogP contribution in [0.2, 0.25) is 0 Å². The van der Waals surface area contributed by atoms with E-state index < -0.39 is 11.7 Å². The van der Waals surface area contributed by atoms with Gasteiger partial charge in [-0.05, 0) is 54.8 Å². The highest BCUT2D eigenvalue weighted by atomic mass is 35.5. The largest absolute Gasteiger partial charge is 0.493 e. The summed E-state index contributed by atoms with van der Waals surface area (Å²) in [5.41, 5.74) is 2.59. The van der Waals surface area contributed by atoms with Crippen LogP contribution < -0.4 is 4.74 Å². The maximum Gasteiger partial charge on any atom is 0.416 e. The van der Waals surface area contributed by atoms with Crippen molar-refractivity contribution in [1.29, 1.82) is 0 Å². The first-order valence-corrected chi connectivity index (χ1v) is 8.69. The number of hydrogen-bond donors (Lipinski definition) is 0. The highest BCUT2D eigenvalue weighted by molar-refractivity contribution is 5.85. The Morgan fingerprint density at radius 2 is 1.85 bits per heavy atom. The normalized spacial score (nSPS) is 14.0. The maximum atomic E-state index is 12.6. The summed E-state index contributed by atoms with van der Waals surface area (Å²) < 4.78 is 43.4. The number of alkyl halides is 3. The number of benzene rings is 2. The van der Waals surface area contributed by atoms with Crippen molar-refractivity contribution in [3.05, 3.63) is 70.8 Å². The van der Waals surface area contributed by atoms with Gasteiger partial charge < -0.3 is 4.74 Å². The summed E-state index contributed by atoms with van der Waals surface area (Å²) in [5, 5.41) is 0. The first kappa shape index (κ1) is 21.3. The number of halogens is 4. The van der Waals surface area contributed by atoms with Crippen LogP contribution in [-0.4, -0.2) is 25.1 Å². The first-order valence-electron chi connectivity index (χ1n) is 8.69. The minimum Gasteiger partial charge on any atom is -0.493 e. The summed E-state index contributed by atoms with van der Waals surface area (Å²) in [4.78, 5) is 2.14. The minimum atomic E-state index is -4.29. The molecule has 0 unspecified atom stereocenters.